The van der Waals surface area contributed by atoms with E-state index in [2.05, 4.69) is 24.0 Å². The molecule has 4 nitrogen and oxygen atoms in total. The lowest BCUT2D eigenvalue weighted by Crippen LogP contribution is -2.54. The minimum absolute atomic E-state index is 0.104. The molecule has 110 valence electrons. The summed E-state index contributed by atoms with van der Waals surface area (Å²) < 4.78 is 0. The molecule has 2 unspecified atom stereocenters. The number of benzene rings is 1. The molecule has 0 saturated carbocycles. The third kappa shape index (κ3) is 3.31. The monoisotopic (exact) mass is 275 g/mol. The van der Waals surface area contributed by atoms with Gasteiger partial charge in [0, 0.05) is 31.9 Å². The van der Waals surface area contributed by atoms with Crippen LogP contribution in [0.4, 0.5) is 5.69 Å². The van der Waals surface area contributed by atoms with Crippen molar-refractivity contribution < 1.29 is 4.79 Å². The largest absolute Gasteiger partial charge is 0.368 e. The van der Waals surface area contributed by atoms with Crippen LogP contribution in [0.25, 0.3) is 0 Å². The molecular weight excluding hydrogens is 250 g/mol. The number of hydrogen-bond donors (Lipinski definition) is 1. The van der Waals surface area contributed by atoms with Crippen LogP contribution in [0.3, 0.4) is 0 Å². The highest BCUT2D eigenvalue weighted by atomic mass is 16.2. The Morgan fingerprint density at radius 2 is 1.80 bits per heavy atom. The number of hydrogen-bond acceptors (Lipinski definition) is 3. The smallest absolute Gasteiger partial charge is 0.239 e. The number of piperazine rings is 1. The van der Waals surface area contributed by atoms with Gasteiger partial charge in [-0.3, -0.25) is 4.79 Å². The summed E-state index contributed by atoms with van der Waals surface area (Å²) in [7, 11) is 0. The van der Waals surface area contributed by atoms with Crippen LogP contribution in [-0.2, 0) is 4.79 Å². The number of para-hydroxylation sites is 1. The third-order valence-corrected chi connectivity index (χ3v) is 4.25. The number of nitrogens with zero attached hydrogens (tertiary/aromatic N) is 2. The number of rotatable bonds is 4. The molecule has 1 amide bonds. The average molecular weight is 275 g/mol. The van der Waals surface area contributed by atoms with Gasteiger partial charge < -0.3 is 15.5 Å². The Balaban J connectivity index is 1.90. The topological polar surface area (TPSA) is 49.6 Å². The van der Waals surface area contributed by atoms with Gasteiger partial charge in [0.1, 0.15) is 0 Å². The van der Waals surface area contributed by atoms with Gasteiger partial charge in [0.25, 0.3) is 0 Å². The van der Waals surface area contributed by atoms with Crippen LogP contribution in [0.15, 0.2) is 30.3 Å². The van der Waals surface area contributed by atoms with Crippen LogP contribution >= 0.6 is 0 Å². The van der Waals surface area contributed by atoms with Gasteiger partial charge in [0.05, 0.1) is 6.04 Å². The van der Waals surface area contributed by atoms with Crippen molar-refractivity contribution in [2.75, 3.05) is 31.1 Å². The van der Waals surface area contributed by atoms with Crippen LogP contribution in [0.1, 0.15) is 20.3 Å². The van der Waals surface area contributed by atoms with Gasteiger partial charge in [-0.05, 0) is 18.1 Å². The molecule has 1 aromatic rings. The first-order chi connectivity index (χ1) is 9.63. The van der Waals surface area contributed by atoms with E-state index >= 15 is 0 Å². The highest BCUT2D eigenvalue weighted by molar-refractivity contribution is 5.82. The normalized spacial score (nSPS) is 18.8. The van der Waals surface area contributed by atoms with Crippen molar-refractivity contribution in [3.05, 3.63) is 30.3 Å². The molecule has 0 bridgehead atoms. The molecule has 1 aliphatic heterocycles. The minimum atomic E-state index is -0.358. The summed E-state index contributed by atoms with van der Waals surface area (Å²) in [6.45, 7) is 7.40. The van der Waals surface area contributed by atoms with Gasteiger partial charge in [-0.25, -0.2) is 0 Å². The number of amides is 1. The van der Waals surface area contributed by atoms with Crippen molar-refractivity contribution in [3.8, 4) is 0 Å². The van der Waals surface area contributed by atoms with Gasteiger partial charge in [0.15, 0.2) is 0 Å². The Kier molecular flexibility index (Phi) is 5.01. The van der Waals surface area contributed by atoms with E-state index in [9.17, 15) is 4.79 Å². The quantitative estimate of drug-likeness (QED) is 0.910. The Morgan fingerprint density at radius 3 is 2.35 bits per heavy atom. The van der Waals surface area contributed by atoms with E-state index < -0.39 is 0 Å². The fourth-order valence-corrected chi connectivity index (χ4v) is 2.53. The maximum atomic E-state index is 12.3. The molecule has 2 atom stereocenters. The van der Waals surface area contributed by atoms with E-state index in [4.69, 9.17) is 5.73 Å². The molecule has 2 N–H and O–H groups in total. The lowest BCUT2D eigenvalue weighted by atomic mass is 9.98. The summed E-state index contributed by atoms with van der Waals surface area (Å²) in [5.41, 5.74) is 7.27. The highest BCUT2D eigenvalue weighted by Crippen LogP contribution is 2.17. The third-order valence-electron chi connectivity index (χ3n) is 4.25. The van der Waals surface area contributed by atoms with Crippen molar-refractivity contribution in [1.82, 2.24) is 4.90 Å². The highest BCUT2D eigenvalue weighted by Gasteiger charge is 2.27. The molecule has 0 aliphatic carbocycles. The molecule has 2 rings (SSSR count). The second kappa shape index (κ2) is 6.75. The summed E-state index contributed by atoms with van der Waals surface area (Å²) in [5, 5.41) is 0. The summed E-state index contributed by atoms with van der Waals surface area (Å²) in [6.07, 6.45) is 0.941. The van der Waals surface area contributed by atoms with E-state index in [0.717, 1.165) is 32.6 Å². The molecule has 1 saturated heterocycles. The molecule has 0 spiro atoms. The zero-order valence-electron chi connectivity index (χ0n) is 12.5. The molecule has 4 heteroatoms. The zero-order chi connectivity index (χ0) is 14.5. The van der Waals surface area contributed by atoms with Gasteiger partial charge in [0.2, 0.25) is 5.91 Å². The molecule has 1 heterocycles. The van der Waals surface area contributed by atoms with Crippen LogP contribution in [0.2, 0.25) is 0 Å². The van der Waals surface area contributed by atoms with Crippen LogP contribution in [0, 0.1) is 5.92 Å². The lowest BCUT2D eigenvalue weighted by molar-refractivity contribution is -0.134. The van der Waals surface area contributed by atoms with Crippen molar-refractivity contribution in [2.24, 2.45) is 11.7 Å². The molecule has 0 aromatic heterocycles. The maximum absolute atomic E-state index is 12.3. The summed E-state index contributed by atoms with van der Waals surface area (Å²) >= 11 is 0. The van der Waals surface area contributed by atoms with Crippen LogP contribution < -0.4 is 10.6 Å². The molecular formula is C16H25N3O. The van der Waals surface area contributed by atoms with E-state index in [1.807, 2.05) is 30.0 Å². The summed E-state index contributed by atoms with van der Waals surface area (Å²) in [5.74, 6) is 0.349. The van der Waals surface area contributed by atoms with Crippen molar-refractivity contribution in [3.63, 3.8) is 0 Å². The van der Waals surface area contributed by atoms with Gasteiger partial charge in [-0.1, -0.05) is 38.5 Å². The van der Waals surface area contributed by atoms with E-state index in [-0.39, 0.29) is 17.9 Å². The van der Waals surface area contributed by atoms with Crippen molar-refractivity contribution in [1.29, 1.82) is 0 Å². The summed E-state index contributed by atoms with van der Waals surface area (Å²) in [4.78, 5) is 16.6. The molecule has 1 aromatic carbocycles. The number of carbonyl (C=O) groups excluding carboxylic acids is 1. The molecule has 20 heavy (non-hydrogen) atoms. The Hall–Kier alpha value is -1.55. The predicted octanol–water partition coefficient (Wildman–Crippen LogP) is 1.71. The first kappa shape index (κ1) is 14.9. The Labute approximate surface area is 121 Å². The van der Waals surface area contributed by atoms with Gasteiger partial charge >= 0.3 is 0 Å². The van der Waals surface area contributed by atoms with Crippen LogP contribution in [-0.4, -0.2) is 43.0 Å². The average Bonchev–Trinajstić information content (AvgIpc) is 2.53. The standard InChI is InChI=1S/C16H25N3O/c1-3-13(2)15(17)16(20)19-11-9-18(10-12-19)14-7-5-4-6-8-14/h4-8,13,15H,3,9-12,17H2,1-2H3. The lowest BCUT2D eigenvalue weighted by Gasteiger charge is -2.37. The maximum Gasteiger partial charge on any atom is 0.239 e. The molecule has 1 fully saturated rings. The molecule has 1 aliphatic rings. The number of carbonyl (C=O) groups is 1. The summed E-state index contributed by atoms with van der Waals surface area (Å²) in [6, 6.07) is 9.99. The first-order valence-corrected chi connectivity index (χ1v) is 7.47. The van der Waals surface area contributed by atoms with Crippen molar-refractivity contribution >= 4 is 11.6 Å². The Morgan fingerprint density at radius 1 is 1.20 bits per heavy atom. The first-order valence-electron chi connectivity index (χ1n) is 7.47. The van der Waals surface area contributed by atoms with Gasteiger partial charge in [-0.2, -0.15) is 0 Å². The van der Waals surface area contributed by atoms with E-state index in [1.54, 1.807) is 0 Å². The fourth-order valence-electron chi connectivity index (χ4n) is 2.53. The van der Waals surface area contributed by atoms with Crippen LogP contribution in [0.5, 0.6) is 0 Å². The SMILES string of the molecule is CCC(C)C(N)C(=O)N1CCN(c2ccccc2)CC1. The van der Waals surface area contributed by atoms with E-state index in [0.29, 0.717) is 0 Å². The predicted molar refractivity (Wildman–Crippen MR) is 82.7 cm³/mol. The van der Waals surface area contributed by atoms with E-state index in [1.165, 1.54) is 5.69 Å². The number of anilines is 1. The second-order valence-electron chi connectivity index (χ2n) is 5.56. The second-order valence-corrected chi connectivity index (χ2v) is 5.56. The zero-order valence-corrected chi connectivity index (χ0v) is 12.5. The fraction of sp³-hybridized carbons (Fsp3) is 0.562. The Bertz CT molecular complexity index is 427. The molecule has 0 radical (unpaired) electrons. The van der Waals surface area contributed by atoms with Crippen molar-refractivity contribution in [2.45, 2.75) is 26.3 Å². The number of nitrogens with two attached hydrogens (primary N) is 1. The van der Waals surface area contributed by atoms with Gasteiger partial charge in [-0.15, -0.1) is 0 Å². The minimum Gasteiger partial charge on any atom is -0.368 e.